The highest BCUT2D eigenvalue weighted by Crippen LogP contribution is 2.79. The summed E-state index contributed by atoms with van der Waals surface area (Å²) in [5, 5.41) is 0.509. The largest absolute Gasteiger partial charge is 0.122 e. The molecule has 4 aliphatic carbocycles. The van der Waals surface area contributed by atoms with Crippen LogP contribution in [0.3, 0.4) is 0 Å². The Morgan fingerprint density at radius 1 is 1.17 bits per heavy atom. The maximum atomic E-state index is 6.35. The lowest BCUT2D eigenvalue weighted by molar-refractivity contribution is -0.106. The third kappa shape index (κ3) is 0.547. The predicted molar refractivity (Wildman–Crippen MR) is 51.2 cm³/mol. The molecule has 0 saturated heterocycles. The highest BCUT2D eigenvalue weighted by Gasteiger charge is 2.75. The zero-order valence-corrected chi connectivity index (χ0v) is 8.86. The molecule has 0 radical (unpaired) electrons. The standard InChI is InChI=1S/C11H17Cl/c1-10(2)6-4-7-9(12)11(7,3)8(10)5-6/h6-9H,4-5H2,1-3H3. The van der Waals surface area contributed by atoms with Crippen molar-refractivity contribution in [1.82, 2.24) is 0 Å². The van der Waals surface area contributed by atoms with Crippen molar-refractivity contribution in [2.45, 2.75) is 39.0 Å². The summed E-state index contributed by atoms with van der Waals surface area (Å²) >= 11 is 6.35. The molecule has 5 unspecified atom stereocenters. The average molecular weight is 185 g/mol. The number of hydrogen-bond donors (Lipinski definition) is 0. The van der Waals surface area contributed by atoms with E-state index in [1.807, 2.05) is 0 Å². The van der Waals surface area contributed by atoms with Crippen molar-refractivity contribution in [1.29, 1.82) is 0 Å². The normalized spacial score (nSPS) is 65.0. The molecule has 12 heavy (non-hydrogen) atoms. The third-order valence-electron chi connectivity index (χ3n) is 5.40. The van der Waals surface area contributed by atoms with Crippen molar-refractivity contribution >= 4 is 11.6 Å². The van der Waals surface area contributed by atoms with Gasteiger partial charge in [-0.05, 0) is 41.4 Å². The average Bonchev–Trinajstić information content (AvgIpc) is 2.54. The number of rotatable bonds is 0. The molecule has 4 aliphatic rings. The fraction of sp³-hybridized carbons (Fsp3) is 1.00. The second-order valence-corrected chi connectivity index (χ2v) is 6.39. The zero-order chi connectivity index (χ0) is 8.72. The first-order valence-electron chi connectivity index (χ1n) is 5.13. The van der Waals surface area contributed by atoms with Crippen LogP contribution in [-0.4, -0.2) is 5.38 Å². The van der Waals surface area contributed by atoms with E-state index in [1.54, 1.807) is 0 Å². The molecule has 0 N–H and O–H groups in total. The van der Waals surface area contributed by atoms with Crippen molar-refractivity contribution in [3.05, 3.63) is 0 Å². The van der Waals surface area contributed by atoms with Crippen molar-refractivity contribution in [3.8, 4) is 0 Å². The Morgan fingerprint density at radius 3 is 2.25 bits per heavy atom. The molecule has 0 amide bonds. The molecule has 0 aromatic heterocycles. The van der Waals surface area contributed by atoms with Gasteiger partial charge >= 0.3 is 0 Å². The Kier molecular flexibility index (Phi) is 1.11. The second-order valence-electron chi connectivity index (χ2n) is 5.92. The van der Waals surface area contributed by atoms with E-state index in [0.29, 0.717) is 16.2 Å². The van der Waals surface area contributed by atoms with Gasteiger partial charge in [0.1, 0.15) is 0 Å². The van der Waals surface area contributed by atoms with Crippen LogP contribution in [0.2, 0.25) is 0 Å². The highest BCUT2D eigenvalue weighted by molar-refractivity contribution is 6.23. The Balaban J connectivity index is 1.98. The topological polar surface area (TPSA) is 0 Å². The minimum Gasteiger partial charge on any atom is -0.122 e. The zero-order valence-electron chi connectivity index (χ0n) is 8.10. The van der Waals surface area contributed by atoms with E-state index >= 15 is 0 Å². The Morgan fingerprint density at radius 2 is 1.83 bits per heavy atom. The van der Waals surface area contributed by atoms with Gasteiger partial charge in [0.05, 0.1) is 0 Å². The molecule has 4 rings (SSSR count). The summed E-state index contributed by atoms with van der Waals surface area (Å²) < 4.78 is 0. The van der Waals surface area contributed by atoms with Crippen molar-refractivity contribution in [2.24, 2.45) is 28.6 Å². The van der Waals surface area contributed by atoms with E-state index in [1.165, 1.54) is 12.8 Å². The van der Waals surface area contributed by atoms with Crippen LogP contribution >= 0.6 is 11.6 Å². The molecule has 4 fully saturated rings. The van der Waals surface area contributed by atoms with Crippen LogP contribution in [0, 0.1) is 28.6 Å². The van der Waals surface area contributed by atoms with E-state index in [0.717, 1.165) is 17.8 Å². The molecule has 0 spiro atoms. The third-order valence-corrected chi connectivity index (χ3v) is 6.17. The summed E-state index contributed by atoms with van der Waals surface area (Å²) in [5.74, 6) is 2.79. The Hall–Kier alpha value is 0.290. The Bertz CT molecular complexity index is 245. The second kappa shape index (κ2) is 1.73. The molecule has 68 valence electrons. The van der Waals surface area contributed by atoms with Gasteiger partial charge in [0.15, 0.2) is 0 Å². The molecule has 0 aromatic carbocycles. The summed E-state index contributed by atoms with van der Waals surface area (Å²) in [6.45, 7) is 7.29. The van der Waals surface area contributed by atoms with Crippen molar-refractivity contribution in [2.75, 3.05) is 0 Å². The van der Waals surface area contributed by atoms with Crippen LogP contribution in [0.4, 0.5) is 0 Å². The maximum absolute atomic E-state index is 6.35. The molecule has 0 aliphatic heterocycles. The van der Waals surface area contributed by atoms with Crippen LogP contribution in [0.25, 0.3) is 0 Å². The molecule has 0 nitrogen and oxygen atoms in total. The number of hydrogen-bond acceptors (Lipinski definition) is 0. The molecule has 0 aromatic rings. The molecule has 0 heterocycles. The van der Waals surface area contributed by atoms with E-state index in [-0.39, 0.29) is 0 Å². The van der Waals surface area contributed by atoms with Crippen LogP contribution in [0.5, 0.6) is 0 Å². The molecule has 2 bridgehead atoms. The van der Waals surface area contributed by atoms with Crippen LogP contribution in [-0.2, 0) is 0 Å². The van der Waals surface area contributed by atoms with Crippen LogP contribution < -0.4 is 0 Å². The summed E-state index contributed by atoms with van der Waals surface area (Å²) in [4.78, 5) is 0. The van der Waals surface area contributed by atoms with Gasteiger partial charge in [-0.25, -0.2) is 0 Å². The van der Waals surface area contributed by atoms with E-state index in [9.17, 15) is 0 Å². The lowest BCUT2D eigenvalue weighted by Crippen LogP contribution is -2.52. The molecular weight excluding hydrogens is 168 g/mol. The van der Waals surface area contributed by atoms with E-state index in [2.05, 4.69) is 20.8 Å². The van der Waals surface area contributed by atoms with Crippen LogP contribution in [0.15, 0.2) is 0 Å². The van der Waals surface area contributed by atoms with Gasteiger partial charge < -0.3 is 0 Å². The monoisotopic (exact) mass is 184 g/mol. The summed E-state index contributed by atoms with van der Waals surface area (Å²) in [6, 6.07) is 0. The number of halogens is 1. The molecule has 1 heteroatoms. The lowest BCUT2D eigenvalue weighted by atomic mass is 9.45. The summed E-state index contributed by atoms with van der Waals surface area (Å²) in [6.07, 6.45) is 2.87. The van der Waals surface area contributed by atoms with E-state index in [4.69, 9.17) is 11.6 Å². The van der Waals surface area contributed by atoms with Gasteiger partial charge in [0.2, 0.25) is 0 Å². The summed E-state index contributed by atoms with van der Waals surface area (Å²) in [7, 11) is 0. The van der Waals surface area contributed by atoms with Gasteiger partial charge in [0.25, 0.3) is 0 Å². The SMILES string of the molecule is CC1(C)C2CC3C(Cl)C3(C)C1C2. The molecule has 4 saturated carbocycles. The van der Waals surface area contributed by atoms with Gasteiger partial charge in [0, 0.05) is 5.38 Å². The van der Waals surface area contributed by atoms with Crippen LogP contribution in [0.1, 0.15) is 33.6 Å². The number of alkyl halides is 1. The first-order chi connectivity index (χ1) is 5.49. The Labute approximate surface area is 79.7 Å². The van der Waals surface area contributed by atoms with Gasteiger partial charge in [-0.1, -0.05) is 20.8 Å². The quantitative estimate of drug-likeness (QED) is 0.507. The highest BCUT2D eigenvalue weighted by atomic mass is 35.5. The molecule has 5 atom stereocenters. The van der Waals surface area contributed by atoms with Crippen molar-refractivity contribution < 1.29 is 0 Å². The smallest absolute Gasteiger partial charge is 0.0429 e. The minimum absolute atomic E-state index is 0.509. The summed E-state index contributed by atoms with van der Waals surface area (Å²) in [5.41, 5.74) is 1.13. The van der Waals surface area contributed by atoms with Gasteiger partial charge in [-0.2, -0.15) is 0 Å². The first-order valence-corrected chi connectivity index (χ1v) is 5.56. The predicted octanol–water partition coefficient (Wildman–Crippen LogP) is 3.30. The van der Waals surface area contributed by atoms with Gasteiger partial charge in [-0.3, -0.25) is 0 Å². The fourth-order valence-electron chi connectivity index (χ4n) is 4.17. The minimum atomic E-state index is 0.509. The van der Waals surface area contributed by atoms with E-state index < -0.39 is 0 Å². The van der Waals surface area contributed by atoms with Gasteiger partial charge in [-0.15, -0.1) is 11.6 Å². The molecular formula is C11H17Cl. The fourth-order valence-corrected chi connectivity index (χ4v) is 4.78. The lowest BCUT2D eigenvalue weighted by Gasteiger charge is -2.59. The first kappa shape index (κ1) is 7.67. The maximum Gasteiger partial charge on any atom is 0.0429 e. The van der Waals surface area contributed by atoms with Crippen molar-refractivity contribution in [3.63, 3.8) is 0 Å².